The fraction of sp³-hybridized carbons (Fsp3) is 0.429. The van der Waals surface area contributed by atoms with Gasteiger partial charge in [-0.05, 0) is 18.6 Å². The number of furan rings is 1. The molecule has 2 N–H and O–H groups in total. The highest BCUT2D eigenvalue weighted by Gasteiger charge is 2.08. The molecule has 1 amide bonds. The third-order valence-corrected chi connectivity index (χ3v) is 2.54. The molecule has 0 unspecified atom stereocenters. The SMILES string of the molecule is CCCCCN/C=C(/C#N)C(=O)NCc1ccco1. The highest BCUT2D eigenvalue weighted by atomic mass is 16.3. The molecular weight excluding hydrogens is 242 g/mol. The van der Waals surface area contributed by atoms with Gasteiger partial charge in [-0.2, -0.15) is 5.26 Å². The molecular formula is C14H19N3O2. The van der Waals surface area contributed by atoms with Gasteiger partial charge in [0.2, 0.25) is 0 Å². The number of hydrogen-bond donors (Lipinski definition) is 2. The molecule has 1 rings (SSSR count). The van der Waals surface area contributed by atoms with Crippen LogP contribution >= 0.6 is 0 Å². The van der Waals surface area contributed by atoms with Crippen molar-refractivity contribution in [3.8, 4) is 6.07 Å². The molecule has 0 spiro atoms. The van der Waals surface area contributed by atoms with Crippen molar-refractivity contribution in [3.63, 3.8) is 0 Å². The summed E-state index contributed by atoms with van der Waals surface area (Å²) in [6.07, 6.45) is 6.30. The van der Waals surface area contributed by atoms with Crippen molar-refractivity contribution in [2.75, 3.05) is 6.54 Å². The monoisotopic (exact) mass is 261 g/mol. The topological polar surface area (TPSA) is 78.1 Å². The Morgan fingerprint density at radius 3 is 3.00 bits per heavy atom. The van der Waals surface area contributed by atoms with Crippen molar-refractivity contribution >= 4 is 5.91 Å². The Hall–Kier alpha value is -2.22. The lowest BCUT2D eigenvalue weighted by atomic mass is 10.2. The summed E-state index contributed by atoms with van der Waals surface area (Å²) in [4.78, 5) is 11.7. The normalized spacial score (nSPS) is 10.8. The second-order valence-corrected chi connectivity index (χ2v) is 4.09. The van der Waals surface area contributed by atoms with Crippen LogP contribution in [0.4, 0.5) is 0 Å². The molecule has 0 atom stereocenters. The van der Waals surface area contributed by atoms with Crippen molar-refractivity contribution in [3.05, 3.63) is 35.9 Å². The van der Waals surface area contributed by atoms with Gasteiger partial charge in [0, 0.05) is 12.7 Å². The van der Waals surface area contributed by atoms with Crippen LogP contribution in [0.5, 0.6) is 0 Å². The summed E-state index contributed by atoms with van der Waals surface area (Å²) in [6.45, 7) is 3.17. The molecule has 102 valence electrons. The summed E-state index contributed by atoms with van der Waals surface area (Å²) < 4.78 is 5.09. The molecule has 0 bridgehead atoms. The van der Waals surface area contributed by atoms with Gasteiger partial charge in [-0.1, -0.05) is 19.8 Å². The highest BCUT2D eigenvalue weighted by Crippen LogP contribution is 2.00. The fourth-order valence-electron chi connectivity index (χ4n) is 1.48. The Morgan fingerprint density at radius 2 is 2.37 bits per heavy atom. The zero-order valence-corrected chi connectivity index (χ0v) is 11.1. The van der Waals surface area contributed by atoms with Crippen LogP contribution in [-0.4, -0.2) is 12.5 Å². The van der Waals surface area contributed by atoms with Gasteiger partial charge in [0.1, 0.15) is 17.4 Å². The van der Waals surface area contributed by atoms with E-state index in [0.717, 1.165) is 25.8 Å². The summed E-state index contributed by atoms with van der Waals surface area (Å²) >= 11 is 0. The minimum atomic E-state index is -0.401. The van der Waals surface area contributed by atoms with E-state index in [4.69, 9.17) is 9.68 Å². The van der Waals surface area contributed by atoms with E-state index in [9.17, 15) is 4.79 Å². The van der Waals surface area contributed by atoms with Crippen molar-refractivity contribution in [2.45, 2.75) is 32.7 Å². The maximum Gasteiger partial charge on any atom is 0.263 e. The maximum atomic E-state index is 11.7. The van der Waals surface area contributed by atoms with Crippen LogP contribution in [0.25, 0.3) is 0 Å². The number of rotatable bonds is 8. The first-order valence-corrected chi connectivity index (χ1v) is 6.42. The van der Waals surface area contributed by atoms with Gasteiger partial charge in [-0.3, -0.25) is 4.79 Å². The van der Waals surface area contributed by atoms with E-state index in [-0.39, 0.29) is 12.1 Å². The van der Waals surface area contributed by atoms with Crippen LogP contribution in [0, 0.1) is 11.3 Å². The standard InChI is InChI=1S/C14H19N3O2/c1-2-3-4-7-16-10-12(9-15)14(18)17-11-13-6-5-8-19-13/h5-6,8,10,16H,2-4,7,11H2,1H3,(H,17,18)/b12-10-. The number of nitriles is 1. The van der Waals surface area contributed by atoms with E-state index in [2.05, 4.69) is 17.6 Å². The predicted molar refractivity (Wildman–Crippen MR) is 71.8 cm³/mol. The number of carbonyl (C=O) groups is 1. The fourth-order valence-corrected chi connectivity index (χ4v) is 1.48. The van der Waals surface area contributed by atoms with Gasteiger partial charge < -0.3 is 15.1 Å². The first-order chi connectivity index (χ1) is 9.27. The lowest BCUT2D eigenvalue weighted by molar-refractivity contribution is -0.117. The van der Waals surface area contributed by atoms with Gasteiger partial charge in [0.05, 0.1) is 12.8 Å². The van der Waals surface area contributed by atoms with Gasteiger partial charge in [-0.15, -0.1) is 0 Å². The number of nitrogens with zero attached hydrogens (tertiary/aromatic N) is 1. The molecule has 0 aliphatic heterocycles. The van der Waals surface area contributed by atoms with E-state index >= 15 is 0 Å². The third-order valence-electron chi connectivity index (χ3n) is 2.54. The average molecular weight is 261 g/mol. The number of carbonyl (C=O) groups excluding carboxylic acids is 1. The largest absolute Gasteiger partial charge is 0.467 e. The zero-order chi connectivity index (χ0) is 13.9. The quantitative estimate of drug-likeness (QED) is 0.426. The molecule has 0 aliphatic carbocycles. The Balaban J connectivity index is 2.34. The van der Waals surface area contributed by atoms with Crippen molar-refractivity contribution in [1.29, 1.82) is 5.26 Å². The van der Waals surface area contributed by atoms with Crippen molar-refractivity contribution in [2.24, 2.45) is 0 Å². The molecule has 1 heterocycles. The minimum absolute atomic E-state index is 0.0723. The van der Waals surface area contributed by atoms with Crippen LogP contribution in [0.3, 0.4) is 0 Å². The number of hydrogen-bond acceptors (Lipinski definition) is 4. The second kappa shape index (κ2) is 8.81. The summed E-state index contributed by atoms with van der Waals surface area (Å²) in [5.41, 5.74) is 0.0723. The van der Waals surface area contributed by atoms with E-state index in [1.807, 2.05) is 6.07 Å². The van der Waals surface area contributed by atoms with E-state index < -0.39 is 5.91 Å². The second-order valence-electron chi connectivity index (χ2n) is 4.09. The predicted octanol–water partition coefficient (Wildman–Crippen LogP) is 2.08. The highest BCUT2D eigenvalue weighted by molar-refractivity contribution is 5.96. The van der Waals surface area contributed by atoms with E-state index in [0.29, 0.717) is 5.76 Å². The summed E-state index contributed by atoms with van der Waals surface area (Å²) in [7, 11) is 0. The average Bonchev–Trinajstić information content (AvgIpc) is 2.93. The van der Waals surface area contributed by atoms with Gasteiger partial charge in [0.25, 0.3) is 5.91 Å². The lowest BCUT2D eigenvalue weighted by Gasteiger charge is -2.03. The van der Waals surface area contributed by atoms with Gasteiger partial charge in [0.15, 0.2) is 0 Å². The Bertz CT molecular complexity index is 444. The van der Waals surface area contributed by atoms with Crippen molar-refractivity contribution < 1.29 is 9.21 Å². The summed E-state index contributed by atoms with van der Waals surface area (Å²) in [5, 5.41) is 14.5. The maximum absolute atomic E-state index is 11.7. The summed E-state index contributed by atoms with van der Waals surface area (Å²) in [5.74, 6) is 0.253. The van der Waals surface area contributed by atoms with E-state index in [1.165, 1.54) is 12.5 Å². The Labute approximate surface area is 113 Å². The van der Waals surface area contributed by atoms with Crippen molar-refractivity contribution in [1.82, 2.24) is 10.6 Å². The zero-order valence-electron chi connectivity index (χ0n) is 11.1. The van der Waals surface area contributed by atoms with Gasteiger partial charge in [-0.25, -0.2) is 0 Å². The number of unbranched alkanes of at least 4 members (excludes halogenated alkanes) is 2. The van der Waals surface area contributed by atoms with E-state index in [1.54, 1.807) is 12.1 Å². The summed E-state index contributed by atoms with van der Waals surface area (Å²) in [6, 6.07) is 5.39. The third kappa shape index (κ3) is 5.77. The molecule has 19 heavy (non-hydrogen) atoms. The molecule has 0 aliphatic rings. The molecule has 1 aromatic heterocycles. The minimum Gasteiger partial charge on any atom is -0.467 e. The van der Waals surface area contributed by atoms with Crippen LogP contribution in [-0.2, 0) is 11.3 Å². The smallest absolute Gasteiger partial charge is 0.263 e. The van der Waals surface area contributed by atoms with Crippen LogP contribution in [0.15, 0.2) is 34.6 Å². The molecule has 5 nitrogen and oxygen atoms in total. The number of nitrogens with one attached hydrogen (secondary N) is 2. The molecule has 0 aromatic carbocycles. The molecule has 5 heteroatoms. The molecule has 1 aromatic rings. The van der Waals surface area contributed by atoms with Crippen LogP contribution in [0.2, 0.25) is 0 Å². The molecule has 0 radical (unpaired) electrons. The molecule has 0 fully saturated rings. The molecule has 0 saturated carbocycles. The lowest BCUT2D eigenvalue weighted by Crippen LogP contribution is -2.25. The number of amides is 1. The molecule has 0 saturated heterocycles. The Kier molecular flexibility index (Phi) is 6.88. The van der Waals surface area contributed by atoms with Crippen LogP contribution < -0.4 is 10.6 Å². The first kappa shape index (κ1) is 14.8. The van der Waals surface area contributed by atoms with Gasteiger partial charge >= 0.3 is 0 Å². The van der Waals surface area contributed by atoms with Crippen LogP contribution in [0.1, 0.15) is 31.9 Å². The first-order valence-electron chi connectivity index (χ1n) is 6.42. The Morgan fingerprint density at radius 1 is 1.53 bits per heavy atom.